The van der Waals surface area contributed by atoms with E-state index in [4.69, 9.17) is 4.74 Å². The van der Waals surface area contributed by atoms with Gasteiger partial charge in [-0.3, -0.25) is 9.82 Å². The minimum absolute atomic E-state index is 0.0718. The maximum absolute atomic E-state index is 12.2. The van der Waals surface area contributed by atoms with Gasteiger partial charge in [-0.25, -0.2) is 8.42 Å². The highest BCUT2D eigenvalue weighted by atomic mass is 32.2. The van der Waals surface area contributed by atoms with Crippen molar-refractivity contribution in [3.05, 3.63) is 36.2 Å². The van der Waals surface area contributed by atoms with E-state index in [0.717, 1.165) is 5.56 Å². The number of methoxy groups -OCH3 is 1. The van der Waals surface area contributed by atoms with Crippen LogP contribution in [0.15, 0.2) is 35.5 Å². The van der Waals surface area contributed by atoms with Crippen LogP contribution in [0.2, 0.25) is 0 Å². The van der Waals surface area contributed by atoms with E-state index in [9.17, 15) is 8.42 Å². The van der Waals surface area contributed by atoms with E-state index < -0.39 is 10.0 Å². The van der Waals surface area contributed by atoms with Crippen LogP contribution in [0.1, 0.15) is 5.56 Å². The highest BCUT2D eigenvalue weighted by Crippen LogP contribution is 2.28. The fraction of sp³-hybridized carbons (Fsp3) is 0.308. The summed E-state index contributed by atoms with van der Waals surface area (Å²) in [5.41, 5.74) is 1.38. The Hall–Kier alpha value is -2.06. The lowest BCUT2D eigenvalue weighted by Crippen LogP contribution is -2.14. The second-order valence-corrected chi connectivity index (χ2v) is 6.49. The normalized spacial score (nSPS) is 11.6. The smallest absolute Gasteiger partial charge is 0.265 e. The van der Waals surface area contributed by atoms with Crippen molar-refractivity contribution < 1.29 is 13.2 Å². The maximum atomic E-state index is 12.2. The number of benzene rings is 1. The number of nitrogens with one attached hydrogen (secondary N) is 2. The van der Waals surface area contributed by atoms with E-state index in [-0.39, 0.29) is 4.90 Å². The van der Waals surface area contributed by atoms with E-state index >= 15 is 0 Å². The number of anilines is 1. The van der Waals surface area contributed by atoms with Crippen molar-refractivity contribution in [1.82, 2.24) is 15.1 Å². The van der Waals surface area contributed by atoms with Gasteiger partial charge in [0.15, 0.2) is 0 Å². The quantitative estimate of drug-likeness (QED) is 0.839. The molecule has 21 heavy (non-hydrogen) atoms. The zero-order chi connectivity index (χ0) is 15.5. The molecule has 0 aliphatic carbocycles. The molecule has 0 unspecified atom stereocenters. The van der Waals surface area contributed by atoms with Crippen LogP contribution in [0.5, 0.6) is 5.75 Å². The van der Waals surface area contributed by atoms with Gasteiger partial charge in [0, 0.05) is 12.7 Å². The van der Waals surface area contributed by atoms with Gasteiger partial charge in [0.05, 0.1) is 19.0 Å². The second kappa shape index (κ2) is 6.15. The fourth-order valence-electron chi connectivity index (χ4n) is 1.89. The van der Waals surface area contributed by atoms with Gasteiger partial charge in [0.25, 0.3) is 10.0 Å². The predicted octanol–water partition coefficient (Wildman–Crippen LogP) is 1.28. The van der Waals surface area contributed by atoms with Crippen molar-refractivity contribution in [2.75, 3.05) is 25.9 Å². The van der Waals surface area contributed by atoms with Crippen molar-refractivity contribution in [3.8, 4) is 5.75 Å². The molecular weight excluding hydrogens is 292 g/mol. The van der Waals surface area contributed by atoms with Crippen LogP contribution in [0.3, 0.4) is 0 Å². The lowest BCUT2D eigenvalue weighted by atomic mass is 10.2. The number of rotatable bonds is 6. The topological polar surface area (TPSA) is 87.3 Å². The third-order valence-electron chi connectivity index (χ3n) is 2.79. The molecule has 0 saturated carbocycles. The molecule has 0 atom stereocenters. The van der Waals surface area contributed by atoms with Gasteiger partial charge in [-0.2, -0.15) is 5.10 Å². The molecule has 1 aromatic heterocycles. The summed E-state index contributed by atoms with van der Waals surface area (Å²) in [6.07, 6.45) is 2.57. The molecule has 8 heteroatoms. The molecule has 114 valence electrons. The number of aromatic nitrogens is 2. The highest BCUT2D eigenvalue weighted by Gasteiger charge is 2.18. The number of hydrogen-bond acceptors (Lipinski definition) is 5. The van der Waals surface area contributed by atoms with Gasteiger partial charge in [0.2, 0.25) is 0 Å². The summed E-state index contributed by atoms with van der Waals surface area (Å²) in [4.78, 5) is 2.07. The van der Waals surface area contributed by atoms with Gasteiger partial charge in [0.1, 0.15) is 10.6 Å². The molecule has 0 bridgehead atoms. The van der Waals surface area contributed by atoms with Crippen LogP contribution < -0.4 is 9.46 Å². The molecule has 0 amide bonds. The Morgan fingerprint density at radius 3 is 2.71 bits per heavy atom. The molecule has 0 aliphatic rings. The second-order valence-electron chi connectivity index (χ2n) is 4.81. The van der Waals surface area contributed by atoms with Crippen molar-refractivity contribution in [2.45, 2.75) is 11.4 Å². The summed E-state index contributed by atoms with van der Waals surface area (Å²) in [5, 5.41) is 6.13. The van der Waals surface area contributed by atoms with E-state index in [1.807, 2.05) is 25.1 Å². The van der Waals surface area contributed by atoms with Crippen LogP contribution in [0, 0.1) is 0 Å². The van der Waals surface area contributed by atoms with Crippen LogP contribution in [0.4, 0.5) is 5.69 Å². The zero-order valence-electron chi connectivity index (χ0n) is 12.1. The Balaban J connectivity index is 2.33. The van der Waals surface area contributed by atoms with E-state index in [1.54, 1.807) is 12.1 Å². The van der Waals surface area contributed by atoms with Crippen LogP contribution in [-0.4, -0.2) is 44.7 Å². The summed E-state index contributed by atoms with van der Waals surface area (Å²) in [7, 11) is 1.70. The largest absolute Gasteiger partial charge is 0.495 e. The third-order valence-corrected chi connectivity index (χ3v) is 4.12. The first-order valence-corrected chi connectivity index (χ1v) is 7.74. The molecule has 2 rings (SSSR count). The fourth-order valence-corrected chi connectivity index (χ4v) is 2.85. The maximum Gasteiger partial charge on any atom is 0.265 e. The SMILES string of the molecule is COc1ccc(CN(C)C)cc1NS(=O)(=O)c1cn[nH]c1. The highest BCUT2D eigenvalue weighted by molar-refractivity contribution is 7.92. The van der Waals surface area contributed by atoms with Crippen molar-refractivity contribution in [3.63, 3.8) is 0 Å². The average Bonchev–Trinajstić information content (AvgIpc) is 2.92. The minimum atomic E-state index is -3.69. The number of aromatic amines is 1. The van der Waals surface area contributed by atoms with E-state index in [2.05, 4.69) is 14.9 Å². The summed E-state index contributed by atoms with van der Waals surface area (Å²) in [6, 6.07) is 5.40. The standard InChI is InChI=1S/C13H18N4O3S/c1-17(2)9-10-4-5-13(20-3)12(6-10)16-21(18,19)11-7-14-15-8-11/h4-8,16H,9H2,1-3H3,(H,14,15). The number of nitrogens with zero attached hydrogens (tertiary/aromatic N) is 2. The molecule has 0 spiro atoms. The summed E-state index contributed by atoms with van der Waals surface area (Å²) < 4.78 is 32.2. The average molecular weight is 310 g/mol. The van der Waals surface area contributed by atoms with Gasteiger partial charge in [-0.05, 0) is 31.8 Å². The third kappa shape index (κ3) is 3.73. The molecule has 7 nitrogen and oxygen atoms in total. The minimum Gasteiger partial charge on any atom is -0.495 e. The molecule has 2 aromatic rings. The first-order valence-electron chi connectivity index (χ1n) is 6.25. The number of H-pyrrole nitrogens is 1. The molecule has 0 radical (unpaired) electrons. The first kappa shape index (κ1) is 15.3. The van der Waals surface area contributed by atoms with Crippen LogP contribution in [0.25, 0.3) is 0 Å². The number of hydrogen-bond donors (Lipinski definition) is 2. The van der Waals surface area contributed by atoms with E-state index in [0.29, 0.717) is 18.0 Å². The molecule has 0 saturated heterocycles. The molecular formula is C13H18N4O3S. The summed E-state index contributed by atoms with van der Waals surface area (Å²) >= 11 is 0. The summed E-state index contributed by atoms with van der Waals surface area (Å²) in [5.74, 6) is 0.463. The number of sulfonamides is 1. The Bertz CT molecular complexity index is 696. The Kier molecular flexibility index (Phi) is 4.49. The van der Waals surface area contributed by atoms with Gasteiger partial charge in [-0.15, -0.1) is 0 Å². The van der Waals surface area contributed by atoms with Gasteiger partial charge < -0.3 is 9.64 Å². The molecule has 2 N–H and O–H groups in total. The molecule has 1 heterocycles. The van der Waals surface area contributed by atoms with Crippen LogP contribution >= 0.6 is 0 Å². The molecule has 0 aliphatic heterocycles. The lowest BCUT2D eigenvalue weighted by Gasteiger charge is -2.14. The molecule has 1 aromatic carbocycles. The van der Waals surface area contributed by atoms with Gasteiger partial charge >= 0.3 is 0 Å². The first-order chi connectivity index (χ1) is 9.92. The van der Waals surface area contributed by atoms with Crippen molar-refractivity contribution >= 4 is 15.7 Å². The zero-order valence-corrected chi connectivity index (χ0v) is 12.9. The molecule has 0 fully saturated rings. The Morgan fingerprint density at radius 1 is 1.38 bits per heavy atom. The summed E-state index contributed by atoms with van der Waals surface area (Å²) in [6.45, 7) is 0.699. The van der Waals surface area contributed by atoms with Gasteiger partial charge in [-0.1, -0.05) is 6.07 Å². The Labute approximate surface area is 124 Å². The Morgan fingerprint density at radius 2 is 2.14 bits per heavy atom. The predicted molar refractivity (Wildman–Crippen MR) is 79.8 cm³/mol. The number of ether oxygens (including phenoxy) is 1. The van der Waals surface area contributed by atoms with Crippen molar-refractivity contribution in [1.29, 1.82) is 0 Å². The van der Waals surface area contributed by atoms with Crippen LogP contribution in [-0.2, 0) is 16.6 Å². The monoisotopic (exact) mass is 310 g/mol. The van der Waals surface area contributed by atoms with E-state index in [1.165, 1.54) is 19.5 Å². The van der Waals surface area contributed by atoms with Crippen molar-refractivity contribution in [2.24, 2.45) is 0 Å². The lowest BCUT2D eigenvalue weighted by molar-refractivity contribution is 0.400.